The van der Waals surface area contributed by atoms with Gasteiger partial charge in [-0.15, -0.1) is 0 Å². The highest BCUT2D eigenvalue weighted by Gasteiger charge is 2.27. The van der Waals surface area contributed by atoms with Gasteiger partial charge in [-0.3, -0.25) is 9.59 Å². The molecule has 1 N–H and O–H groups in total. The van der Waals surface area contributed by atoms with E-state index in [2.05, 4.69) is 27.5 Å². The Morgan fingerprint density at radius 3 is 2.58 bits per heavy atom. The Morgan fingerprint density at radius 2 is 1.97 bits per heavy atom. The Morgan fingerprint density at radius 1 is 1.25 bits per heavy atom. The number of hydrogen-bond donors (Lipinski definition) is 1. The number of benzene rings is 1. The molecule has 1 unspecified atom stereocenters. The van der Waals surface area contributed by atoms with Crippen molar-refractivity contribution in [1.29, 1.82) is 0 Å². The number of rotatable bonds is 8. The highest BCUT2D eigenvalue weighted by molar-refractivity contribution is 14.1. The van der Waals surface area contributed by atoms with Gasteiger partial charge in [0.2, 0.25) is 0 Å². The number of aldehydes is 1. The quantitative estimate of drug-likeness (QED) is 0.249. The molecule has 1 saturated heterocycles. The second-order valence-corrected chi connectivity index (χ2v) is 11.5. The van der Waals surface area contributed by atoms with E-state index < -0.39 is 0 Å². The fourth-order valence-corrected chi connectivity index (χ4v) is 6.15. The van der Waals surface area contributed by atoms with Crippen molar-refractivity contribution >= 4 is 39.8 Å². The molecule has 1 fully saturated rings. The summed E-state index contributed by atoms with van der Waals surface area (Å²) in [6, 6.07) is 3.17. The maximum atomic E-state index is 15.3. The summed E-state index contributed by atoms with van der Waals surface area (Å²) < 4.78 is 22.6. The van der Waals surface area contributed by atoms with Crippen LogP contribution < -0.4 is 10.2 Å². The first-order valence-electron chi connectivity index (χ1n) is 12.6. The molecule has 6 nitrogen and oxygen atoms in total. The van der Waals surface area contributed by atoms with Gasteiger partial charge >= 0.3 is 0 Å². The molecule has 0 bridgehead atoms. The van der Waals surface area contributed by atoms with E-state index in [9.17, 15) is 14.7 Å². The van der Waals surface area contributed by atoms with Crippen LogP contribution in [0.1, 0.15) is 61.5 Å². The Balaban J connectivity index is 1.83. The third kappa shape index (κ3) is 5.25. The number of alkyl halides is 1. The van der Waals surface area contributed by atoms with Crippen molar-refractivity contribution in [2.45, 2.75) is 55.9 Å². The number of aliphatic hydroxyl groups is 1. The highest BCUT2D eigenvalue weighted by atomic mass is 127. The molecule has 2 aliphatic rings. The lowest BCUT2D eigenvalue weighted by atomic mass is 9.94. The van der Waals surface area contributed by atoms with Gasteiger partial charge in [0.15, 0.2) is 11.7 Å². The van der Waals surface area contributed by atoms with Crippen molar-refractivity contribution in [2.24, 2.45) is 5.92 Å². The number of hydrogen-bond acceptors (Lipinski definition) is 5. The standard InChI is InChI=1S/C28H34FIN2O4/c1-17(2)25(16-34)32-14-20(15-33)28(35)22-11-18(26(36-3)13-24(22)32)9-19-10-21(12-23(30)27(19)29)31-7-5-4-6-8-31/h10-11,13-15,17,23,25,34H,4-9,12,16H2,1-3H3/t23?,25-/m1/s1. The molecule has 0 spiro atoms. The van der Waals surface area contributed by atoms with Gasteiger partial charge in [-0.2, -0.15) is 0 Å². The van der Waals surface area contributed by atoms with Gasteiger partial charge in [-0.1, -0.05) is 36.4 Å². The van der Waals surface area contributed by atoms with Crippen molar-refractivity contribution in [1.82, 2.24) is 9.47 Å². The number of likely N-dealkylation sites (tertiary alicyclic amines) is 1. The maximum absolute atomic E-state index is 15.3. The molecule has 4 rings (SSSR count). The summed E-state index contributed by atoms with van der Waals surface area (Å²) in [7, 11) is 1.56. The molecule has 8 heteroatoms. The van der Waals surface area contributed by atoms with Gasteiger partial charge in [0.1, 0.15) is 11.6 Å². The Kier molecular flexibility index (Phi) is 8.55. The van der Waals surface area contributed by atoms with Crippen LogP contribution >= 0.6 is 22.6 Å². The van der Waals surface area contributed by atoms with Crippen LogP contribution in [0.15, 0.2) is 46.3 Å². The number of piperidine rings is 1. The van der Waals surface area contributed by atoms with Crippen LogP contribution in [0.25, 0.3) is 10.9 Å². The summed E-state index contributed by atoms with van der Waals surface area (Å²) in [6.45, 7) is 5.81. The molecule has 2 atom stereocenters. The summed E-state index contributed by atoms with van der Waals surface area (Å²) in [6.07, 6.45) is 8.52. The van der Waals surface area contributed by atoms with Crippen molar-refractivity contribution < 1.29 is 19.0 Å². The first-order valence-corrected chi connectivity index (χ1v) is 13.8. The molecule has 2 heterocycles. The van der Waals surface area contributed by atoms with Crippen LogP contribution in [0.4, 0.5) is 4.39 Å². The van der Waals surface area contributed by atoms with Gasteiger partial charge in [-0.05, 0) is 48.5 Å². The zero-order valence-corrected chi connectivity index (χ0v) is 23.3. The lowest BCUT2D eigenvalue weighted by Gasteiger charge is -2.34. The number of aliphatic hydroxyl groups excluding tert-OH is 1. The van der Waals surface area contributed by atoms with Crippen molar-refractivity contribution in [3.63, 3.8) is 0 Å². The Hall–Kier alpha value is -2.20. The average Bonchev–Trinajstić information content (AvgIpc) is 2.88. The van der Waals surface area contributed by atoms with E-state index in [0.29, 0.717) is 40.5 Å². The smallest absolute Gasteiger partial charge is 0.199 e. The number of methoxy groups -OCH3 is 1. The Labute approximate surface area is 225 Å². The van der Waals surface area contributed by atoms with Gasteiger partial charge in [0, 0.05) is 49.3 Å². The monoisotopic (exact) mass is 608 g/mol. The first-order chi connectivity index (χ1) is 17.3. The molecule has 0 amide bonds. The fourth-order valence-electron chi connectivity index (χ4n) is 5.29. The minimum Gasteiger partial charge on any atom is -0.496 e. The van der Waals surface area contributed by atoms with E-state index in [1.807, 2.05) is 19.9 Å². The number of carbonyl (C=O) groups excluding carboxylic acids is 1. The summed E-state index contributed by atoms with van der Waals surface area (Å²) in [5, 5.41) is 10.4. The fraction of sp³-hybridized carbons (Fsp3) is 0.500. The number of carbonyl (C=O) groups is 1. The van der Waals surface area contributed by atoms with Gasteiger partial charge in [0.25, 0.3) is 0 Å². The number of nitrogens with zero attached hydrogens (tertiary/aromatic N) is 2. The number of halogens is 2. The first kappa shape index (κ1) is 26.9. The summed E-state index contributed by atoms with van der Waals surface area (Å²) in [4.78, 5) is 27.3. The topological polar surface area (TPSA) is 71.8 Å². The summed E-state index contributed by atoms with van der Waals surface area (Å²) in [5.41, 5.74) is 2.68. The molecule has 1 aliphatic carbocycles. The molecule has 1 aliphatic heterocycles. The minimum absolute atomic E-state index is 0.0281. The number of ether oxygens (including phenoxy) is 1. The summed E-state index contributed by atoms with van der Waals surface area (Å²) >= 11 is 2.17. The van der Waals surface area contributed by atoms with Crippen LogP contribution in [-0.4, -0.2) is 51.6 Å². The largest absolute Gasteiger partial charge is 0.496 e. The average molecular weight is 608 g/mol. The number of pyridine rings is 1. The zero-order chi connectivity index (χ0) is 26.0. The molecular formula is C28H34FIN2O4. The molecule has 194 valence electrons. The molecular weight excluding hydrogens is 574 g/mol. The third-order valence-electron chi connectivity index (χ3n) is 7.36. The van der Waals surface area contributed by atoms with Crippen LogP contribution in [0.3, 0.4) is 0 Å². The van der Waals surface area contributed by atoms with Crippen molar-refractivity contribution in [2.75, 3.05) is 26.8 Å². The predicted molar refractivity (Wildman–Crippen MR) is 149 cm³/mol. The zero-order valence-electron chi connectivity index (χ0n) is 21.1. The summed E-state index contributed by atoms with van der Waals surface area (Å²) in [5.74, 6) is 0.461. The van der Waals surface area contributed by atoms with Crippen LogP contribution in [-0.2, 0) is 6.42 Å². The predicted octanol–water partition coefficient (Wildman–Crippen LogP) is 5.36. The molecule has 0 saturated carbocycles. The molecule has 2 aromatic rings. The van der Waals surface area contributed by atoms with Crippen LogP contribution in [0, 0.1) is 5.92 Å². The highest BCUT2D eigenvalue weighted by Crippen LogP contribution is 2.37. The van der Waals surface area contributed by atoms with E-state index in [1.54, 1.807) is 23.8 Å². The van der Waals surface area contributed by atoms with Crippen LogP contribution in [0.2, 0.25) is 0 Å². The second kappa shape index (κ2) is 11.5. The molecule has 36 heavy (non-hydrogen) atoms. The maximum Gasteiger partial charge on any atom is 0.199 e. The van der Waals surface area contributed by atoms with Gasteiger partial charge in [-0.25, -0.2) is 4.39 Å². The second-order valence-electron chi connectivity index (χ2n) is 10.0. The van der Waals surface area contributed by atoms with E-state index in [-0.39, 0.29) is 45.7 Å². The van der Waals surface area contributed by atoms with Crippen molar-refractivity contribution in [3.8, 4) is 5.75 Å². The van der Waals surface area contributed by atoms with Crippen LogP contribution in [0.5, 0.6) is 5.75 Å². The SMILES string of the molecule is COc1cc2c(cc1CC1=C(F)C(I)CC(N3CCCCC3)=C1)c(=O)c(C=O)cn2[C@H](CO)C(C)C. The molecule has 1 aromatic heterocycles. The number of aromatic nitrogens is 1. The van der Waals surface area contributed by atoms with Gasteiger partial charge in [0.05, 0.1) is 34.8 Å². The number of fused-ring (bicyclic) bond motifs is 1. The molecule has 1 aromatic carbocycles. The van der Waals surface area contributed by atoms with E-state index in [4.69, 9.17) is 4.74 Å². The molecule has 0 radical (unpaired) electrons. The third-order valence-corrected chi connectivity index (χ3v) is 8.34. The van der Waals surface area contributed by atoms with Crippen molar-refractivity contribution in [3.05, 3.63) is 62.9 Å². The minimum atomic E-state index is -0.380. The normalized spacial score (nSPS) is 19.6. The van der Waals surface area contributed by atoms with E-state index in [1.165, 1.54) is 18.3 Å². The van der Waals surface area contributed by atoms with E-state index in [0.717, 1.165) is 25.9 Å². The lowest BCUT2D eigenvalue weighted by molar-refractivity contribution is 0.112. The van der Waals surface area contributed by atoms with E-state index >= 15 is 4.39 Å². The Bertz CT molecular complexity index is 1260. The lowest BCUT2D eigenvalue weighted by Crippen LogP contribution is -2.31. The number of allylic oxidation sites excluding steroid dienone is 4. The van der Waals surface area contributed by atoms with Gasteiger partial charge < -0.3 is 19.3 Å².